The highest BCUT2D eigenvalue weighted by Crippen LogP contribution is 2.34. The first kappa shape index (κ1) is 17.6. The third kappa shape index (κ3) is 3.76. The van der Waals surface area contributed by atoms with Crippen molar-refractivity contribution in [1.82, 2.24) is 9.97 Å². The third-order valence-corrected chi connectivity index (χ3v) is 3.20. The highest BCUT2D eigenvalue weighted by molar-refractivity contribution is 6.39. The van der Waals surface area contributed by atoms with Crippen molar-refractivity contribution in [3.63, 3.8) is 0 Å². The molecule has 0 aliphatic heterocycles. The monoisotopic (exact) mass is 336 g/mol. The van der Waals surface area contributed by atoms with E-state index < -0.39 is 11.7 Å². The summed E-state index contributed by atoms with van der Waals surface area (Å²) < 4.78 is 38.6. The van der Waals surface area contributed by atoms with Gasteiger partial charge in [-0.05, 0) is 12.1 Å². The number of nitrogens with one attached hydrogen (secondary N) is 4. The lowest BCUT2D eigenvalue weighted by Gasteiger charge is -2.15. The summed E-state index contributed by atoms with van der Waals surface area (Å²) in [6.45, 7) is 1.92. The average molecular weight is 336 g/mol. The number of anilines is 4. The molecule has 0 saturated heterocycles. The van der Waals surface area contributed by atoms with Crippen LogP contribution in [-0.4, -0.2) is 30.6 Å². The van der Waals surface area contributed by atoms with E-state index in [-0.39, 0.29) is 11.8 Å². The molecule has 0 radical (unpaired) electrons. The van der Waals surface area contributed by atoms with Gasteiger partial charge in [0.05, 0.1) is 5.69 Å². The molecule has 0 aliphatic rings. The fourth-order valence-electron chi connectivity index (χ4n) is 2.13. The SMILES string of the molecule is CBNc1cccc(Nc2ncc(C(F)(F)F)c(NC)n2)c1C=N. The molecule has 1 heterocycles. The van der Waals surface area contributed by atoms with Gasteiger partial charge in [-0.25, -0.2) is 4.98 Å². The van der Waals surface area contributed by atoms with Crippen molar-refractivity contribution < 1.29 is 13.2 Å². The molecule has 0 unspecified atom stereocenters. The summed E-state index contributed by atoms with van der Waals surface area (Å²) in [4.78, 5) is 7.58. The lowest BCUT2D eigenvalue weighted by atomic mass is 9.98. The first-order valence-corrected chi connectivity index (χ1v) is 7.17. The Morgan fingerprint density at radius 2 is 1.96 bits per heavy atom. The van der Waals surface area contributed by atoms with Crippen LogP contribution >= 0.6 is 0 Å². The second-order valence-corrected chi connectivity index (χ2v) is 4.77. The van der Waals surface area contributed by atoms with E-state index in [1.165, 1.54) is 7.05 Å². The molecular formula is C14H16BF3N6. The molecule has 4 N–H and O–H groups in total. The van der Waals surface area contributed by atoms with Crippen LogP contribution in [0.3, 0.4) is 0 Å². The molecule has 10 heteroatoms. The molecule has 2 rings (SSSR count). The van der Waals surface area contributed by atoms with Gasteiger partial charge in [0.1, 0.15) is 11.4 Å². The normalized spacial score (nSPS) is 10.9. The molecule has 126 valence electrons. The van der Waals surface area contributed by atoms with Crippen LogP contribution in [0.1, 0.15) is 11.1 Å². The van der Waals surface area contributed by atoms with Gasteiger partial charge in [-0.1, -0.05) is 12.9 Å². The van der Waals surface area contributed by atoms with Gasteiger partial charge < -0.3 is 21.3 Å². The van der Waals surface area contributed by atoms with E-state index in [1.807, 2.05) is 12.9 Å². The smallest absolute Gasteiger partial charge is 0.421 e. The minimum Gasteiger partial charge on any atom is -0.431 e. The Hall–Kier alpha value is -2.78. The second-order valence-electron chi connectivity index (χ2n) is 4.77. The van der Waals surface area contributed by atoms with Crippen molar-refractivity contribution in [2.45, 2.75) is 13.0 Å². The molecular weight excluding hydrogens is 320 g/mol. The standard InChI is InChI=1S/C14H16BF3N6/c1-15-24-11-5-3-4-10(8(11)6-19)22-13-21-7-9(14(16,17)18)12(20-2)23-13/h3-7,15,19,24H,1-2H3,(H2,20,21,22,23). The van der Waals surface area contributed by atoms with Crippen LogP contribution in [0.4, 0.5) is 36.3 Å². The first-order chi connectivity index (χ1) is 11.4. The van der Waals surface area contributed by atoms with E-state index in [0.717, 1.165) is 18.1 Å². The Balaban J connectivity index is 2.38. The van der Waals surface area contributed by atoms with Crippen molar-refractivity contribution in [1.29, 1.82) is 5.41 Å². The molecule has 24 heavy (non-hydrogen) atoms. The third-order valence-electron chi connectivity index (χ3n) is 3.20. The van der Waals surface area contributed by atoms with E-state index >= 15 is 0 Å². The lowest BCUT2D eigenvalue weighted by Crippen LogP contribution is -2.13. The van der Waals surface area contributed by atoms with Crippen LogP contribution in [-0.2, 0) is 6.18 Å². The Bertz CT molecular complexity index is 735. The van der Waals surface area contributed by atoms with Gasteiger partial charge in [0.25, 0.3) is 0 Å². The van der Waals surface area contributed by atoms with Crippen molar-refractivity contribution >= 4 is 36.8 Å². The molecule has 6 nitrogen and oxygen atoms in total. The van der Waals surface area contributed by atoms with Gasteiger partial charge in [0.15, 0.2) is 0 Å². The molecule has 0 aliphatic carbocycles. The summed E-state index contributed by atoms with van der Waals surface area (Å²) in [5.41, 5.74) is 0.876. The summed E-state index contributed by atoms with van der Waals surface area (Å²) in [6.07, 6.45) is -2.66. The second kappa shape index (κ2) is 7.20. The molecule has 0 spiro atoms. The van der Waals surface area contributed by atoms with Crippen molar-refractivity contribution in [2.24, 2.45) is 0 Å². The molecule has 2 aromatic rings. The van der Waals surface area contributed by atoms with E-state index in [9.17, 15) is 13.2 Å². The molecule has 0 bridgehead atoms. The fraction of sp³-hybridized carbons (Fsp3) is 0.214. The molecule has 1 aromatic carbocycles. The molecule has 0 amide bonds. The van der Waals surface area contributed by atoms with Crippen LogP contribution in [0.15, 0.2) is 24.4 Å². The predicted octanol–water partition coefficient (Wildman–Crippen LogP) is 3.09. The first-order valence-electron chi connectivity index (χ1n) is 7.17. The highest BCUT2D eigenvalue weighted by atomic mass is 19.4. The van der Waals surface area contributed by atoms with Crippen LogP contribution in [0.5, 0.6) is 0 Å². The number of nitrogens with zero attached hydrogens (tertiary/aromatic N) is 2. The number of hydrogen-bond acceptors (Lipinski definition) is 6. The number of hydrogen-bond donors (Lipinski definition) is 4. The maximum atomic E-state index is 12.9. The van der Waals surface area contributed by atoms with Gasteiger partial charge >= 0.3 is 6.18 Å². The lowest BCUT2D eigenvalue weighted by molar-refractivity contribution is -0.137. The number of rotatable bonds is 6. The van der Waals surface area contributed by atoms with E-state index in [2.05, 4.69) is 25.8 Å². The summed E-state index contributed by atoms with van der Waals surface area (Å²) in [6, 6.07) is 5.26. The van der Waals surface area contributed by atoms with Crippen LogP contribution < -0.4 is 15.9 Å². The maximum absolute atomic E-state index is 12.9. The van der Waals surface area contributed by atoms with Crippen LogP contribution in [0.25, 0.3) is 0 Å². The van der Waals surface area contributed by atoms with Crippen LogP contribution in [0, 0.1) is 5.41 Å². The number of benzene rings is 1. The molecule has 1 aromatic heterocycles. The summed E-state index contributed by atoms with van der Waals surface area (Å²) in [5, 5.41) is 15.9. The molecule has 0 fully saturated rings. The zero-order valence-electron chi connectivity index (χ0n) is 13.1. The number of alkyl halides is 3. The summed E-state index contributed by atoms with van der Waals surface area (Å²) >= 11 is 0. The zero-order valence-corrected chi connectivity index (χ0v) is 13.1. The highest BCUT2D eigenvalue weighted by Gasteiger charge is 2.35. The Kier molecular flexibility index (Phi) is 5.27. The van der Waals surface area contributed by atoms with Gasteiger partial charge in [-0.3, -0.25) is 0 Å². The van der Waals surface area contributed by atoms with Crippen molar-refractivity contribution in [2.75, 3.05) is 22.9 Å². The van der Waals surface area contributed by atoms with Crippen molar-refractivity contribution in [3.8, 4) is 0 Å². The Morgan fingerprint density at radius 1 is 1.25 bits per heavy atom. The Morgan fingerprint density at radius 3 is 2.54 bits per heavy atom. The van der Waals surface area contributed by atoms with E-state index in [0.29, 0.717) is 18.7 Å². The van der Waals surface area contributed by atoms with Gasteiger partial charge in [-0.15, -0.1) is 0 Å². The molecule has 0 atom stereocenters. The van der Waals surface area contributed by atoms with Gasteiger partial charge in [0, 0.05) is 30.7 Å². The van der Waals surface area contributed by atoms with Crippen LogP contribution in [0.2, 0.25) is 6.82 Å². The van der Waals surface area contributed by atoms with E-state index in [1.54, 1.807) is 12.1 Å². The maximum Gasteiger partial charge on any atom is 0.421 e. The average Bonchev–Trinajstić information content (AvgIpc) is 2.54. The zero-order chi connectivity index (χ0) is 17.7. The largest absolute Gasteiger partial charge is 0.431 e. The topological polar surface area (TPSA) is 85.7 Å². The summed E-state index contributed by atoms with van der Waals surface area (Å²) in [7, 11) is 2.03. The minimum atomic E-state index is -4.54. The minimum absolute atomic E-state index is 0.00379. The van der Waals surface area contributed by atoms with E-state index in [4.69, 9.17) is 5.41 Å². The predicted molar refractivity (Wildman–Crippen MR) is 90.8 cm³/mol. The number of halogens is 3. The fourth-order valence-corrected chi connectivity index (χ4v) is 2.13. The van der Waals surface area contributed by atoms with Gasteiger partial charge in [-0.2, -0.15) is 18.2 Å². The van der Waals surface area contributed by atoms with Crippen molar-refractivity contribution in [3.05, 3.63) is 35.5 Å². The summed E-state index contributed by atoms with van der Waals surface area (Å²) in [5.74, 6) is -0.316. The number of aromatic nitrogens is 2. The Labute approximate surface area is 137 Å². The van der Waals surface area contributed by atoms with Gasteiger partial charge in [0.2, 0.25) is 13.4 Å². The quantitative estimate of drug-likeness (QED) is 0.481. The molecule has 0 saturated carbocycles.